The van der Waals surface area contributed by atoms with E-state index in [0.717, 1.165) is 24.2 Å². The van der Waals surface area contributed by atoms with Crippen molar-refractivity contribution in [3.8, 4) is 0 Å². The summed E-state index contributed by atoms with van der Waals surface area (Å²) in [7, 11) is 0. The van der Waals surface area contributed by atoms with Crippen LogP contribution in [0.4, 0.5) is 15.8 Å². The number of carbonyl (C=O) groups is 1. The summed E-state index contributed by atoms with van der Waals surface area (Å²) in [6, 6.07) is 9.47. The molecule has 0 aliphatic carbocycles. The van der Waals surface area contributed by atoms with Gasteiger partial charge in [-0.05, 0) is 48.4 Å². The zero-order valence-corrected chi connectivity index (χ0v) is 11.3. The highest BCUT2D eigenvalue weighted by molar-refractivity contribution is 6.31. The third-order valence-corrected chi connectivity index (χ3v) is 3.49. The summed E-state index contributed by atoms with van der Waals surface area (Å²) in [4.78, 5) is 12.1. The third-order valence-electron chi connectivity index (χ3n) is 3.25. The van der Waals surface area contributed by atoms with Gasteiger partial charge in [0.15, 0.2) is 0 Å². The van der Waals surface area contributed by atoms with Crippen molar-refractivity contribution in [3.05, 3.63) is 58.4 Å². The summed E-state index contributed by atoms with van der Waals surface area (Å²) in [5.41, 5.74) is 2.74. The Kier molecular flexibility index (Phi) is 3.32. The number of hydrogen-bond acceptors (Lipinski definition) is 2. The van der Waals surface area contributed by atoms with E-state index in [-0.39, 0.29) is 11.6 Å². The Bertz CT molecular complexity index is 688. The van der Waals surface area contributed by atoms with Crippen LogP contribution in [0.3, 0.4) is 0 Å². The standard InChI is InChI=1S/C15H12ClFN2O/c16-11-2-3-12(17)14(8-11)19-15(20)10-1-4-13-9(7-10)5-6-18-13/h1-4,7-8,18H,5-6H2,(H,19,20). The van der Waals surface area contributed by atoms with Crippen molar-refractivity contribution >= 4 is 28.9 Å². The maximum atomic E-state index is 13.6. The van der Waals surface area contributed by atoms with Crippen molar-refractivity contribution < 1.29 is 9.18 Å². The number of amides is 1. The van der Waals surface area contributed by atoms with Crippen molar-refractivity contribution in [2.75, 3.05) is 17.2 Å². The van der Waals surface area contributed by atoms with Crippen LogP contribution in [0, 0.1) is 5.82 Å². The van der Waals surface area contributed by atoms with Gasteiger partial charge in [0.05, 0.1) is 5.69 Å². The lowest BCUT2D eigenvalue weighted by molar-refractivity contribution is 0.102. The highest BCUT2D eigenvalue weighted by Crippen LogP contribution is 2.24. The number of nitrogens with one attached hydrogen (secondary N) is 2. The minimum absolute atomic E-state index is 0.0844. The summed E-state index contributed by atoms with van der Waals surface area (Å²) < 4.78 is 13.6. The molecule has 1 heterocycles. The lowest BCUT2D eigenvalue weighted by Crippen LogP contribution is -2.13. The van der Waals surface area contributed by atoms with Crippen LogP contribution in [-0.2, 0) is 6.42 Å². The minimum atomic E-state index is -0.509. The van der Waals surface area contributed by atoms with Crippen LogP contribution < -0.4 is 10.6 Å². The minimum Gasteiger partial charge on any atom is -0.384 e. The molecule has 1 aliphatic rings. The Hall–Kier alpha value is -2.07. The average molecular weight is 291 g/mol. The van der Waals surface area contributed by atoms with Gasteiger partial charge < -0.3 is 10.6 Å². The number of anilines is 2. The van der Waals surface area contributed by atoms with E-state index in [1.54, 1.807) is 6.07 Å². The highest BCUT2D eigenvalue weighted by Gasteiger charge is 2.14. The molecule has 0 fully saturated rings. The molecule has 20 heavy (non-hydrogen) atoms. The zero-order chi connectivity index (χ0) is 14.1. The molecule has 2 aromatic carbocycles. The molecule has 1 aliphatic heterocycles. The van der Waals surface area contributed by atoms with Gasteiger partial charge in [-0.3, -0.25) is 4.79 Å². The number of rotatable bonds is 2. The van der Waals surface area contributed by atoms with Gasteiger partial charge in [-0.2, -0.15) is 0 Å². The van der Waals surface area contributed by atoms with Crippen LogP contribution >= 0.6 is 11.6 Å². The van der Waals surface area contributed by atoms with Crippen LogP contribution in [0.1, 0.15) is 15.9 Å². The van der Waals surface area contributed by atoms with Crippen LogP contribution in [-0.4, -0.2) is 12.5 Å². The summed E-state index contributed by atoms with van der Waals surface area (Å²) >= 11 is 5.80. The van der Waals surface area contributed by atoms with Crippen LogP contribution in [0.25, 0.3) is 0 Å². The van der Waals surface area contributed by atoms with E-state index in [4.69, 9.17) is 11.6 Å². The van der Waals surface area contributed by atoms with Gasteiger partial charge >= 0.3 is 0 Å². The van der Waals surface area contributed by atoms with E-state index in [1.807, 2.05) is 12.1 Å². The Balaban J connectivity index is 1.84. The zero-order valence-electron chi connectivity index (χ0n) is 10.5. The van der Waals surface area contributed by atoms with Crippen molar-refractivity contribution in [3.63, 3.8) is 0 Å². The topological polar surface area (TPSA) is 41.1 Å². The van der Waals surface area contributed by atoms with Gasteiger partial charge in [-0.25, -0.2) is 4.39 Å². The van der Waals surface area contributed by atoms with Gasteiger partial charge in [0.2, 0.25) is 0 Å². The predicted molar refractivity (Wildman–Crippen MR) is 78.0 cm³/mol. The maximum absolute atomic E-state index is 13.6. The molecule has 0 spiro atoms. The Morgan fingerprint density at radius 1 is 1.25 bits per heavy atom. The lowest BCUT2D eigenvalue weighted by Gasteiger charge is -2.08. The van der Waals surface area contributed by atoms with E-state index in [1.165, 1.54) is 18.2 Å². The molecule has 0 bridgehead atoms. The second-order valence-corrected chi connectivity index (χ2v) is 5.06. The number of carbonyl (C=O) groups excluding carboxylic acids is 1. The first kappa shape index (κ1) is 12.9. The van der Waals surface area contributed by atoms with E-state index in [2.05, 4.69) is 10.6 Å². The quantitative estimate of drug-likeness (QED) is 0.885. The monoisotopic (exact) mass is 290 g/mol. The Labute approximate surface area is 120 Å². The molecule has 0 aromatic heterocycles. The van der Waals surface area contributed by atoms with Crippen molar-refractivity contribution in [1.82, 2.24) is 0 Å². The molecule has 0 radical (unpaired) electrons. The Morgan fingerprint density at radius 2 is 2.10 bits per heavy atom. The normalized spacial score (nSPS) is 12.7. The van der Waals surface area contributed by atoms with E-state index >= 15 is 0 Å². The molecule has 0 saturated carbocycles. The summed E-state index contributed by atoms with van der Waals surface area (Å²) in [5.74, 6) is -0.855. The smallest absolute Gasteiger partial charge is 0.255 e. The predicted octanol–water partition coefficient (Wildman–Crippen LogP) is 3.70. The molecule has 102 valence electrons. The summed E-state index contributed by atoms with van der Waals surface area (Å²) in [5, 5.41) is 6.14. The molecule has 5 heteroatoms. The fraction of sp³-hybridized carbons (Fsp3) is 0.133. The van der Waals surface area contributed by atoms with Crippen LogP contribution in [0.2, 0.25) is 5.02 Å². The number of hydrogen-bond donors (Lipinski definition) is 2. The number of halogens is 2. The molecular formula is C15H12ClFN2O. The molecule has 0 saturated heterocycles. The number of benzene rings is 2. The van der Waals surface area contributed by atoms with E-state index < -0.39 is 5.82 Å². The van der Waals surface area contributed by atoms with Gasteiger partial charge in [-0.15, -0.1) is 0 Å². The third kappa shape index (κ3) is 2.47. The van der Waals surface area contributed by atoms with Gasteiger partial charge in [0.25, 0.3) is 5.91 Å². The van der Waals surface area contributed by atoms with E-state index in [9.17, 15) is 9.18 Å². The first-order chi connectivity index (χ1) is 9.63. The molecule has 0 atom stereocenters. The highest BCUT2D eigenvalue weighted by atomic mass is 35.5. The van der Waals surface area contributed by atoms with Gasteiger partial charge in [0.1, 0.15) is 5.82 Å². The first-order valence-corrected chi connectivity index (χ1v) is 6.64. The molecule has 1 amide bonds. The second kappa shape index (κ2) is 5.13. The SMILES string of the molecule is O=C(Nc1cc(Cl)ccc1F)c1ccc2c(c1)CCN2. The molecule has 3 nitrogen and oxygen atoms in total. The fourth-order valence-corrected chi connectivity index (χ4v) is 2.41. The van der Waals surface area contributed by atoms with Crippen LogP contribution in [0.15, 0.2) is 36.4 Å². The van der Waals surface area contributed by atoms with Crippen molar-refractivity contribution in [2.45, 2.75) is 6.42 Å². The fourth-order valence-electron chi connectivity index (χ4n) is 2.23. The second-order valence-electron chi connectivity index (χ2n) is 4.63. The molecule has 2 aromatic rings. The first-order valence-electron chi connectivity index (χ1n) is 6.27. The summed E-state index contributed by atoms with van der Waals surface area (Å²) in [6.07, 6.45) is 0.891. The Morgan fingerprint density at radius 3 is 2.95 bits per heavy atom. The van der Waals surface area contributed by atoms with Crippen LogP contribution in [0.5, 0.6) is 0 Å². The van der Waals surface area contributed by atoms with E-state index in [0.29, 0.717) is 10.6 Å². The van der Waals surface area contributed by atoms with Crippen molar-refractivity contribution in [2.24, 2.45) is 0 Å². The molecule has 2 N–H and O–H groups in total. The maximum Gasteiger partial charge on any atom is 0.255 e. The van der Waals surface area contributed by atoms with Crippen molar-refractivity contribution in [1.29, 1.82) is 0 Å². The molecule has 3 rings (SSSR count). The molecular weight excluding hydrogens is 279 g/mol. The van der Waals surface area contributed by atoms with Gasteiger partial charge in [-0.1, -0.05) is 11.6 Å². The van der Waals surface area contributed by atoms with Gasteiger partial charge in [0, 0.05) is 22.8 Å². The summed E-state index contributed by atoms with van der Waals surface area (Å²) in [6.45, 7) is 0.878. The average Bonchev–Trinajstić information content (AvgIpc) is 2.90. The molecule has 0 unspecified atom stereocenters. The largest absolute Gasteiger partial charge is 0.384 e. The lowest BCUT2D eigenvalue weighted by atomic mass is 10.1. The number of fused-ring (bicyclic) bond motifs is 1.